The van der Waals surface area contributed by atoms with E-state index in [1.165, 1.54) is 25.1 Å². The number of nitrogens with one attached hydrogen (secondary N) is 2. The van der Waals surface area contributed by atoms with E-state index in [1.807, 2.05) is 0 Å². The highest BCUT2D eigenvalue weighted by atomic mass is 35.5. The maximum absolute atomic E-state index is 13.5. The molecule has 36 heavy (non-hydrogen) atoms. The quantitative estimate of drug-likeness (QED) is 0.357. The van der Waals surface area contributed by atoms with E-state index in [4.69, 9.17) is 20.8 Å². The Morgan fingerprint density at radius 1 is 1.17 bits per heavy atom. The third-order valence-corrected chi connectivity index (χ3v) is 6.86. The Hall–Kier alpha value is -3.93. The molecule has 7 nitrogen and oxygen atoms in total. The van der Waals surface area contributed by atoms with E-state index in [0.717, 1.165) is 0 Å². The highest BCUT2D eigenvalue weighted by Crippen LogP contribution is 2.41. The van der Waals surface area contributed by atoms with E-state index in [2.05, 4.69) is 16.7 Å². The minimum absolute atomic E-state index is 0.0933. The Bertz CT molecular complexity index is 1390. The van der Waals surface area contributed by atoms with E-state index in [-0.39, 0.29) is 17.1 Å². The van der Waals surface area contributed by atoms with Crippen LogP contribution in [0.5, 0.6) is 5.75 Å². The fourth-order valence-electron chi connectivity index (χ4n) is 3.86. The molecule has 3 aromatic rings. The van der Waals surface area contributed by atoms with E-state index in [0.29, 0.717) is 44.1 Å². The van der Waals surface area contributed by atoms with Crippen LogP contribution in [0.3, 0.4) is 0 Å². The monoisotopic (exact) mass is 519 g/mol. The van der Waals surface area contributed by atoms with Crippen LogP contribution < -0.4 is 15.4 Å². The highest BCUT2D eigenvalue weighted by Gasteiger charge is 2.36. The summed E-state index contributed by atoms with van der Waals surface area (Å²) in [7, 11) is 1.52. The molecule has 0 bridgehead atoms. The molecule has 0 aliphatic carbocycles. The standard InChI is InChI=1S/C27H22ClN3O4S/c1-16-24(26(33)31-20-6-3-4-7-22(20)34-2)25(23-8-5-13-35-23)19(14-29)27(30-16)36-15-21(32)17-9-11-18(28)12-10-17/h3-13,25,30H,15H2,1-2H3,(H,31,33)/t25-/m1/s1. The summed E-state index contributed by atoms with van der Waals surface area (Å²) in [5.41, 5.74) is 2.19. The molecule has 0 radical (unpaired) electrons. The number of Topliss-reactive ketones (excluding diaryl/α,β-unsaturated/α-hetero) is 1. The summed E-state index contributed by atoms with van der Waals surface area (Å²) in [6, 6.07) is 19.4. The van der Waals surface area contributed by atoms with Crippen LogP contribution in [-0.4, -0.2) is 24.6 Å². The zero-order chi connectivity index (χ0) is 25.7. The fourth-order valence-corrected chi connectivity index (χ4v) is 4.97. The zero-order valence-electron chi connectivity index (χ0n) is 19.5. The number of furan rings is 1. The van der Waals surface area contributed by atoms with E-state index >= 15 is 0 Å². The number of ether oxygens (including phenoxy) is 1. The molecule has 1 atom stereocenters. The fraction of sp³-hybridized carbons (Fsp3) is 0.148. The van der Waals surface area contributed by atoms with Crippen molar-refractivity contribution in [1.29, 1.82) is 5.26 Å². The third kappa shape index (κ3) is 5.33. The molecule has 0 fully saturated rings. The van der Waals surface area contributed by atoms with Crippen molar-refractivity contribution >= 4 is 40.7 Å². The van der Waals surface area contributed by atoms with Gasteiger partial charge in [-0.25, -0.2) is 0 Å². The van der Waals surface area contributed by atoms with Gasteiger partial charge in [0.25, 0.3) is 5.91 Å². The lowest BCUT2D eigenvalue weighted by atomic mass is 9.85. The Balaban J connectivity index is 1.64. The number of allylic oxidation sites excluding steroid dienone is 2. The number of benzene rings is 2. The highest BCUT2D eigenvalue weighted by molar-refractivity contribution is 8.03. The van der Waals surface area contributed by atoms with Crippen molar-refractivity contribution in [3.05, 3.63) is 105 Å². The number of halogens is 1. The Morgan fingerprint density at radius 2 is 1.92 bits per heavy atom. The zero-order valence-corrected chi connectivity index (χ0v) is 21.1. The van der Waals surface area contributed by atoms with Gasteiger partial charge in [-0.15, -0.1) is 0 Å². The number of para-hydroxylation sites is 2. The van der Waals surface area contributed by atoms with Gasteiger partial charge in [0.05, 0.1) is 53.0 Å². The number of nitrogens with zero attached hydrogens (tertiary/aromatic N) is 1. The molecule has 1 amide bonds. The van der Waals surface area contributed by atoms with Gasteiger partial charge in [0.1, 0.15) is 11.5 Å². The number of dihydropyridines is 1. The molecule has 0 spiro atoms. The number of nitriles is 1. The number of methoxy groups -OCH3 is 1. The minimum atomic E-state index is -0.755. The first-order valence-electron chi connectivity index (χ1n) is 10.9. The van der Waals surface area contributed by atoms with Crippen molar-refractivity contribution in [3.8, 4) is 11.8 Å². The molecule has 2 heterocycles. The number of amides is 1. The number of anilines is 1. The lowest BCUT2D eigenvalue weighted by Crippen LogP contribution is -2.30. The SMILES string of the molecule is COc1ccccc1NC(=O)C1=C(C)NC(SCC(=O)c2ccc(Cl)cc2)=C(C#N)[C@@H]1c1ccco1. The first-order valence-corrected chi connectivity index (χ1v) is 12.3. The number of hydrogen-bond donors (Lipinski definition) is 2. The predicted octanol–water partition coefficient (Wildman–Crippen LogP) is 5.89. The molecular formula is C27H22ClN3O4S. The van der Waals surface area contributed by atoms with Gasteiger partial charge in [0.2, 0.25) is 0 Å². The summed E-state index contributed by atoms with van der Waals surface area (Å²) in [6.45, 7) is 1.75. The normalized spacial score (nSPS) is 15.2. The smallest absolute Gasteiger partial charge is 0.254 e. The lowest BCUT2D eigenvalue weighted by molar-refractivity contribution is -0.113. The second-order valence-electron chi connectivity index (χ2n) is 7.84. The number of carbonyl (C=O) groups is 2. The third-order valence-electron chi connectivity index (χ3n) is 5.59. The maximum Gasteiger partial charge on any atom is 0.254 e. The first-order chi connectivity index (χ1) is 17.4. The van der Waals surface area contributed by atoms with Crippen LogP contribution in [0.25, 0.3) is 0 Å². The van der Waals surface area contributed by atoms with Crippen molar-refractivity contribution in [2.75, 3.05) is 18.2 Å². The molecule has 9 heteroatoms. The maximum atomic E-state index is 13.5. The minimum Gasteiger partial charge on any atom is -0.495 e. The molecule has 2 N–H and O–H groups in total. The summed E-state index contributed by atoms with van der Waals surface area (Å²) in [5.74, 6) is -0.223. The van der Waals surface area contributed by atoms with Crippen LogP contribution in [0.4, 0.5) is 5.69 Å². The van der Waals surface area contributed by atoms with Gasteiger partial charge >= 0.3 is 0 Å². The Labute approximate surface area is 217 Å². The van der Waals surface area contributed by atoms with Crippen LogP contribution in [-0.2, 0) is 4.79 Å². The summed E-state index contributed by atoms with van der Waals surface area (Å²) >= 11 is 7.12. The molecule has 182 valence electrons. The van der Waals surface area contributed by atoms with Crippen LogP contribution in [0.1, 0.15) is 29.0 Å². The van der Waals surface area contributed by atoms with Gasteiger partial charge in [0.15, 0.2) is 5.78 Å². The van der Waals surface area contributed by atoms with Crippen molar-refractivity contribution in [2.24, 2.45) is 0 Å². The van der Waals surface area contributed by atoms with Crippen molar-refractivity contribution < 1.29 is 18.7 Å². The molecule has 1 aliphatic rings. The largest absolute Gasteiger partial charge is 0.495 e. The number of carbonyl (C=O) groups excluding carboxylic acids is 2. The number of ketones is 1. The van der Waals surface area contributed by atoms with Crippen LogP contribution >= 0.6 is 23.4 Å². The number of hydrogen-bond acceptors (Lipinski definition) is 7. The topological polar surface area (TPSA) is 104 Å². The van der Waals surface area contributed by atoms with Crippen molar-refractivity contribution in [2.45, 2.75) is 12.8 Å². The molecular weight excluding hydrogens is 498 g/mol. The predicted molar refractivity (Wildman–Crippen MR) is 140 cm³/mol. The summed E-state index contributed by atoms with van der Waals surface area (Å²) < 4.78 is 11.0. The number of rotatable bonds is 8. The molecule has 1 aromatic heterocycles. The van der Waals surface area contributed by atoms with Gasteiger partial charge in [-0.3, -0.25) is 9.59 Å². The van der Waals surface area contributed by atoms with Gasteiger partial charge in [0, 0.05) is 16.3 Å². The average Bonchev–Trinajstić information content (AvgIpc) is 3.42. The second-order valence-corrected chi connectivity index (χ2v) is 9.26. The van der Waals surface area contributed by atoms with Gasteiger partial charge in [-0.05, 0) is 55.5 Å². The van der Waals surface area contributed by atoms with Crippen LogP contribution in [0, 0.1) is 11.3 Å². The molecule has 0 unspecified atom stereocenters. The molecule has 2 aromatic carbocycles. The van der Waals surface area contributed by atoms with Crippen LogP contribution in [0.15, 0.2) is 93.2 Å². The second kappa shape index (κ2) is 11.2. The Kier molecular flexibility index (Phi) is 7.84. The lowest BCUT2D eigenvalue weighted by Gasteiger charge is -2.28. The first kappa shape index (κ1) is 25.2. The van der Waals surface area contributed by atoms with E-state index < -0.39 is 11.8 Å². The van der Waals surface area contributed by atoms with E-state index in [9.17, 15) is 14.9 Å². The number of thioether (sulfide) groups is 1. The average molecular weight is 520 g/mol. The van der Waals surface area contributed by atoms with Crippen molar-refractivity contribution in [1.82, 2.24) is 5.32 Å². The van der Waals surface area contributed by atoms with Gasteiger partial charge in [-0.1, -0.05) is 35.5 Å². The summed E-state index contributed by atoms with van der Waals surface area (Å²) in [6.07, 6.45) is 1.49. The van der Waals surface area contributed by atoms with E-state index in [1.54, 1.807) is 67.6 Å². The van der Waals surface area contributed by atoms with Gasteiger partial charge < -0.3 is 19.8 Å². The van der Waals surface area contributed by atoms with Gasteiger partial charge in [-0.2, -0.15) is 5.26 Å². The summed E-state index contributed by atoms with van der Waals surface area (Å²) in [5, 5.41) is 17.2. The summed E-state index contributed by atoms with van der Waals surface area (Å²) in [4.78, 5) is 26.2. The molecule has 0 saturated carbocycles. The molecule has 1 aliphatic heterocycles. The molecule has 4 rings (SSSR count). The van der Waals surface area contributed by atoms with Crippen molar-refractivity contribution in [3.63, 3.8) is 0 Å². The Morgan fingerprint density at radius 3 is 2.58 bits per heavy atom. The van der Waals surface area contributed by atoms with Crippen LogP contribution in [0.2, 0.25) is 5.02 Å². The molecule has 0 saturated heterocycles.